The lowest BCUT2D eigenvalue weighted by Gasteiger charge is -2.20. The Balaban J connectivity index is 2.02. The molecule has 122 valence electrons. The highest BCUT2D eigenvalue weighted by molar-refractivity contribution is 5.92. The van der Waals surface area contributed by atoms with Crippen LogP contribution < -0.4 is 5.32 Å². The minimum atomic E-state index is -0.655. The molecule has 0 aliphatic heterocycles. The standard InChI is InChI=1S/C17H17F3N2O/c1-2-22(10-12-13(18)7-5-8-14(12)19)11-17(23)21-16-9-4-3-6-15(16)20/h3-9H,2,10-11H2,1H3,(H,21,23). The molecule has 0 aliphatic rings. The van der Waals surface area contributed by atoms with Crippen molar-refractivity contribution in [3.63, 3.8) is 0 Å². The van der Waals surface area contributed by atoms with Crippen LogP contribution in [0, 0.1) is 17.5 Å². The molecule has 2 aromatic rings. The Kier molecular flexibility index (Phi) is 5.76. The minimum absolute atomic E-state index is 0.0420. The van der Waals surface area contributed by atoms with Crippen molar-refractivity contribution >= 4 is 11.6 Å². The second-order valence-corrected chi connectivity index (χ2v) is 5.03. The van der Waals surface area contributed by atoms with Crippen LogP contribution in [0.2, 0.25) is 0 Å². The van der Waals surface area contributed by atoms with E-state index in [-0.39, 0.29) is 24.3 Å². The Morgan fingerprint density at radius 3 is 2.22 bits per heavy atom. The van der Waals surface area contributed by atoms with Gasteiger partial charge in [-0.2, -0.15) is 0 Å². The lowest BCUT2D eigenvalue weighted by Crippen LogP contribution is -2.33. The maximum absolute atomic E-state index is 13.7. The lowest BCUT2D eigenvalue weighted by molar-refractivity contribution is -0.117. The van der Waals surface area contributed by atoms with E-state index < -0.39 is 23.4 Å². The number of rotatable bonds is 6. The van der Waals surface area contributed by atoms with Crippen molar-refractivity contribution in [1.29, 1.82) is 0 Å². The predicted molar refractivity (Wildman–Crippen MR) is 82.3 cm³/mol. The summed E-state index contributed by atoms with van der Waals surface area (Å²) in [6.45, 7) is 2.05. The highest BCUT2D eigenvalue weighted by atomic mass is 19.1. The molecule has 0 bridgehead atoms. The smallest absolute Gasteiger partial charge is 0.238 e. The van der Waals surface area contributed by atoms with E-state index in [2.05, 4.69) is 5.32 Å². The SMILES string of the molecule is CCN(CC(=O)Nc1ccccc1F)Cc1c(F)cccc1F. The zero-order chi connectivity index (χ0) is 16.8. The molecule has 6 heteroatoms. The molecule has 3 nitrogen and oxygen atoms in total. The van der Waals surface area contributed by atoms with E-state index in [1.54, 1.807) is 17.9 Å². The highest BCUT2D eigenvalue weighted by Gasteiger charge is 2.15. The number of carbonyl (C=O) groups is 1. The van der Waals surface area contributed by atoms with Gasteiger partial charge in [0.15, 0.2) is 0 Å². The van der Waals surface area contributed by atoms with Gasteiger partial charge in [-0.15, -0.1) is 0 Å². The first-order valence-electron chi connectivity index (χ1n) is 7.21. The van der Waals surface area contributed by atoms with Crippen LogP contribution in [0.4, 0.5) is 18.9 Å². The average Bonchev–Trinajstić information content (AvgIpc) is 2.52. The number of hydrogen-bond acceptors (Lipinski definition) is 2. The fraction of sp³-hybridized carbons (Fsp3) is 0.235. The summed E-state index contributed by atoms with van der Waals surface area (Å²) in [6.07, 6.45) is 0. The van der Waals surface area contributed by atoms with Gasteiger partial charge in [-0.3, -0.25) is 9.69 Å². The largest absolute Gasteiger partial charge is 0.322 e. The Morgan fingerprint density at radius 2 is 1.61 bits per heavy atom. The van der Waals surface area contributed by atoms with Crippen molar-refractivity contribution in [3.8, 4) is 0 Å². The van der Waals surface area contributed by atoms with Gasteiger partial charge in [0.05, 0.1) is 12.2 Å². The molecule has 2 rings (SSSR count). The highest BCUT2D eigenvalue weighted by Crippen LogP contribution is 2.15. The van der Waals surface area contributed by atoms with Gasteiger partial charge < -0.3 is 5.32 Å². The van der Waals surface area contributed by atoms with Gasteiger partial charge in [0.1, 0.15) is 17.5 Å². The molecule has 0 aromatic heterocycles. The van der Waals surface area contributed by atoms with Gasteiger partial charge >= 0.3 is 0 Å². The van der Waals surface area contributed by atoms with Crippen molar-refractivity contribution in [2.75, 3.05) is 18.4 Å². The fourth-order valence-corrected chi connectivity index (χ4v) is 2.14. The van der Waals surface area contributed by atoms with Crippen molar-refractivity contribution in [2.45, 2.75) is 13.5 Å². The molecule has 0 radical (unpaired) electrons. The third kappa shape index (κ3) is 4.56. The van der Waals surface area contributed by atoms with Crippen LogP contribution in [0.15, 0.2) is 42.5 Å². The maximum Gasteiger partial charge on any atom is 0.238 e. The van der Waals surface area contributed by atoms with Gasteiger partial charge in [0.25, 0.3) is 0 Å². The molecule has 0 atom stereocenters. The van der Waals surface area contributed by atoms with Crippen LogP contribution in [0.5, 0.6) is 0 Å². The maximum atomic E-state index is 13.7. The van der Waals surface area contributed by atoms with Crippen molar-refractivity contribution in [1.82, 2.24) is 4.90 Å². The molecular weight excluding hydrogens is 305 g/mol. The molecule has 23 heavy (non-hydrogen) atoms. The number of nitrogens with one attached hydrogen (secondary N) is 1. The summed E-state index contributed by atoms with van der Waals surface area (Å²) >= 11 is 0. The van der Waals surface area contributed by atoms with Gasteiger partial charge in [0, 0.05) is 12.1 Å². The number of halogens is 3. The van der Waals surface area contributed by atoms with Gasteiger partial charge in [0.2, 0.25) is 5.91 Å². The Hall–Kier alpha value is -2.34. The quantitative estimate of drug-likeness (QED) is 0.882. The molecule has 0 aliphatic carbocycles. The number of hydrogen-bond donors (Lipinski definition) is 1. The van der Waals surface area contributed by atoms with E-state index in [1.165, 1.54) is 36.4 Å². The summed E-state index contributed by atoms with van der Waals surface area (Å²) in [4.78, 5) is 13.6. The molecule has 0 fully saturated rings. The monoisotopic (exact) mass is 322 g/mol. The normalized spacial score (nSPS) is 10.8. The van der Waals surface area contributed by atoms with E-state index in [9.17, 15) is 18.0 Å². The third-order valence-electron chi connectivity index (χ3n) is 3.41. The van der Waals surface area contributed by atoms with Crippen LogP contribution in [-0.2, 0) is 11.3 Å². The number of benzene rings is 2. The van der Waals surface area contributed by atoms with Crippen LogP contribution in [0.1, 0.15) is 12.5 Å². The first kappa shape index (κ1) is 17.0. The molecule has 0 saturated carbocycles. The van der Waals surface area contributed by atoms with E-state index >= 15 is 0 Å². The molecule has 0 unspecified atom stereocenters. The van der Waals surface area contributed by atoms with E-state index in [1.807, 2.05) is 0 Å². The predicted octanol–water partition coefficient (Wildman–Crippen LogP) is 3.56. The summed E-state index contributed by atoms with van der Waals surface area (Å²) in [5.41, 5.74) is -0.0151. The first-order valence-corrected chi connectivity index (χ1v) is 7.21. The number of anilines is 1. The number of amides is 1. The molecule has 0 saturated heterocycles. The number of para-hydroxylation sites is 1. The summed E-state index contributed by atoms with van der Waals surface area (Å²) in [7, 11) is 0. The summed E-state index contributed by atoms with van der Waals surface area (Å²) in [5.74, 6) is -2.30. The summed E-state index contributed by atoms with van der Waals surface area (Å²) in [5, 5.41) is 2.45. The zero-order valence-electron chi connectivity index (χ0n) is 12.7. The molecule has 1 N–H and O–H groups in total. The molecule has 1 amide bonds. The third-order valence-corrected chi connectivity index (χ3v) is 3.41. The van der Waals surface area contributed by atoms with E-state index in [0.717, 1.165) is 0 Å². The molecular formula is C17H17F3N2O. The molecule has 0 heterocycles. The van der Waals surface area contributed by atoms with E-state index in [0.29, 0.717) is 6.54 Å². The van der Waals surface area contributed by atoms with Crippen molar-refractivity contribution < 1.29 is 18.0 Å². The van der Waals surface area contributed by atoms with Gasteiger partial charge in [-0.25, -0.2) is 13.2 Å². The molecule has 2 aromatic carbocycles. The summed E-state index contributed by atoms with van der Waals surface area (Å²) in [6, 6.07) is 9.43. The van der Waals surface area contributed by atoms with Crippen molar-refractivity contribution in [2.24, 2.45) is 0 Å². The summed E-state index contributed by atoms with van der Waals surface area (Å²) < 4.78 is 40.8. The molecule has 0 spiro atoms. The average molecular weight is 322 g/mol. The van der Waals surface area contributed by atoms with Crippen LogP contribution in [0.3, 0.4) is 0 Å². The number of nitrogens with zero attached hydrogens (tertiary/aromatic N) is 1. The Labute approximate surface area is 132 Å². The Bertz CT molecular complexity index is 671. The fourth-order valence-electron chi connectivity index (χ4n) is 2.14. The first-order chi connectivity index (χ1) is 11.0. The minimum Gasteiger partial charge on any atom is -0.322 e. The second kappa shape index (κ2) is 7.78. The topological polar surface area (TPSA) is 32.3 Å². The van der Waals surface area contributed by atoms with Crippen LogP contribution >= 0.6 is 0 Å². The second-order valence-electron chi connectivity index (χ2n) is 5.03. The van der Waals surface area contributed by atoms with Crippen LogP contribution in [0.25, 0.3) is 0 Å². The van der Waals surface area contributed by atoms with Gasteiger partial charge in [-0.1, -0.05) is 25.1 Å². The zero-order valence-corrected chi connectivity index (χ0v) is 12.7. The van der Waals surface area contributed by atoms with E-state index in [4.69, 9.17) is 0 Å². The lowest BCUT2D eigenvalue weighted by atomic mass is 10.2. The Morgan fingerprint density at radius 1 is 1.00 bits per heavy atom. The van der Waals surface area contributed by atoms with Crippen molar-refractivity contribution in [3.05, 3.63) is 65.5 Å². The van der Waals surface area contributed by atoms with Crippen LogP contribution in [-0.4, -0.2) is 23.9 Å². The number of carbonyl (C=O) groups excluding carboxylic acids is 1. The van der Waals surface area contributed by atoms with Gasteiger partial charge in [-0.05, 0) is 30.8 Å². The number of likely N-dealkylation sites (N-methyl/N-ethyl adjacent to an activating group) is 1.